The quantitative estimate of drug-likeness (QED) is 0.288. The van der Waals surface area contributed by atoms with Gasteiger partial charge in [0.1, 0.15) is 5.60 Å². The number of carboxylic acid groups (broad SMARTS) is 1. The Bertz CT molecular complexity index is 1010. The van der Waals surface area contributed by atoms with E-state index in [4.69, 9.17) is 9.16 Å². The van der Waals surface area contributed by atoms with E-state index >= 15 is 0 Å². The van der Waals surface area contributed by atoms with E-state index in [0.29, 0.717) is 25.8 Å². The first-order valence-corrected chi connectivity index (χ1v) is 16.4. The fraction of sp³-hybridized carbons (Fsp3) is 0.548. The maximum Gasteiger partial charge on any atom is 0.410 e. The molecule has 0 radical (unpaired) electrons. The predicted octanol–water partition coefficient (Wildman–Crippen LogP) is 7.19. The third-order valence-electron chi connectivity index (χ3n) is 7.08. The van der Waals surface area contributed by atoms with E-state index in [9.17, 15) is 14.7 Å². The monoisotopic (exact) mass is 541 g/mol. The van der Waals surface area contributed by atoms with Crippen molar-refractivity contribution in [2.75, 3.05) is 13.1 Å². The SMILES string of the molecule is CC(C)(C)OC(=O)N(CCc1ccccc1)C[C@@H](C[C@@H](Cc1ccccc1)C(=O)O)O[Si](C)(C)C(C)(C)C. The molecular weight excluding hydrogens is 494 g/mol. The minimum absolute atomic E-state index is 0.0653. The second-order valence-electron chi connectivity index (χ2n) is 12.6. The van der Waals surface area contributed by atoms with Crippen molar-refractivity contribution in [1.29, 1.82) is 0 Å². The topological polar surface area (TPSA) is 76.1 Å². The molecule has 2 aromatic carbocycles. The summed E-state index contributed by atoms with van der Waals surface area (Å²) in [4.78, 5) is 27.4. The van der Waals surface area contributed by atoms with Gasteiger partial charge in [0, 0.05) is 13.1 Å². The van der Waals surface area contributed by atoms with E-state index in [-0.39, 0.29) is 11.6 Å². The van der Waals surface area contributed by atoms with Crippen LogP contribution in [-0.4, -0.2) is 55.2 Å². The van der Waals surface area contributed by atoms with Crippen molar-refractivity contribution in [3.8, 4) is 0 Å². The molecule has 0 aliphatic rings. The number of hydrogen-bond acceptors (Lipinski definition) is 4. The molecule has 38 heavy (non-hydrogen) atoms. The summed E-state index contributed by atoms with van der Waals surface area (Å²) in [6, 6.07) is 19.7. The van der Waals surface area contributed by atoms with Gasteiger partial charge in [-0.1, -0.05) is 81.4 Å². The summed E-state index contributed by atoms with van der Waals surface area (Å²) >= 11 is 0. The van der Waals surface area contributed by atoms with Crippen LogP contribution in [0.4, 0.5) is 4.79 Å². The lowest BCUT2D eigenvalue weighted by Crippen LogP contribution is -2.50. The molecule has 0 aromatic heterocycles. The van der Waals surface area contributed by atoms with Gasteiger partial charge in [0.25, 0.3) is 0 Å². The largest absolute Gasteiger partial charge is 0.481 e. The standard InChI is InChI=1S/C31H47NO5Si/c1-30(2,3)36-29(35)32(20-19-24-15-11-9-12-16-24)23-27(37-38(7,8)31(4,5)6)22-26(28(33)34)21-25-17-13-10-14-18-25/h9-18,26-27H,19-23H2,1-8H3,(H,33,34)/t26-,27-/m1/s1. The van der Waals surface area contributed by atoms with Gasteiger partial charge in [-0.2, -0.15) is 0 Å². The van der Waals surface area contributed by atoms with E-state index < -0.39 is 38.0 Å². The molecule has 0 fully saturated rings. The zero-order valence-electron chi connectivity index (χ0n) is 24.5. The van der Waals surface area contributed by atoms with Crippen LogP contribution in [-0.2, 0) is 26.8 Å². The van der Waals surface area contributed by atoms with Crippen LogP contribution in [0.2, 0.25) is 18.1 Å². The van der Waals surface area contributed by atoms with Crippen LogP contribution in [0.1, 0.15) is 59.1 Å². The van der Waals surface area contributed by atoms with Gasteiger partial charge < -0.3 is 19.2 Å². The van der Waals surface area contributed by atoms with Gasteiger partial charge in [-0.05, 0) is 69.3 Å². The smallest absolute Gasteiger partial charge is 0.410 e. The Hall–Kier alpha value is -2.64. The average Bonchev–Trinajstić information content (AvgIpc) is 2.80. The molecule has 0 saturated carbocycles. The summed E-state index contributed by atoms with van der Waals surface area (Å²) in [5.74, 6) is -1.49. The van der Waals surface area contributed by atoms with Gasteiger partial charge in [-0.3, -0.25) is 4.79 Å². The molecule has 6 nitrogen and oxygen atoms in total. The zero-order valence-corrected chi connectivity index (χ0v) is 25.5. The summed E-state index contributed by atoms with van der Waals surface area (Å²) in [5.41, 5.74) is 1.45. The van der Waals surface area contributed by atoms with E-state index in [1.54, 1.807) is 4.90 Å². The van der Waals surface area contributed by atoms with Crippen molar-refractivity contribution in [3.05, 3.63) is 71.8 Å². The maximum absolute atomic E-state index is 13.3. The molecule has 1 N–H and O–H groups in total. The number of carboxylic acids is 1. The highest BCUT2D eigenvalue weighted by atomic mass is 28.4. The predicted molar refractivity (Wildman–Crippen MR) is 156 cm³/mol. The second kappa shape index (κ2) is 13.4. The van der Waals surface area contributed by atoms with Gasteiger partial charge >= 0.3 is 12.1 Å². The lowest BCUT2D eigenvalue weighted by atomic mass is 9.93. The van der Waals surface area contributed by atoms with Crippen LogP contribution in [0.15, 0.2) is 60.7 Å². The number of carbonyl (C=O) groups is 2. The highest BCUT2D eigenvalue weighted by molar-refractivity contribution is 6.74. The summed E-state index contributed by atoms with van der Waals surface area (Å²) < 4.78 is 12.6. The van der Waals surface area contributed by atoms with E-state index in [1.165, 1.54) is 0 Å². The Morgan fingerprint density at radius 2 is 1.42 bits per heavy atom. The maximum atomic E-state index is 13.3. The fourth-order valence-corrected chi connectivity index (χ4v) is 5.34. The summed E-state index contributed by atoms with van der Waals surface area (Å²) in [7, 11) is -2.27. The van der Waals surface area contributed by atoms with Crippen molar-refractivity contribution in [2.45, 2.75) is 90.6 Å². The first kappa shape index (κ1) is 31.6. The van der Waals surface area contributed by atoms with Crippen molar-refractivity contribution in [3.63, 3.8) is 0 Å². The molecule has 0 saturated heterocycles. The lowest BCUT2D eigenvalue weighted by Gasteiger charge is -2.41. The first-order valence-electron chi connectivity index (χ1n) is 13.5. The van der Waals surface area contributed by atoms with Crippen LogP contribution < -0.4 is 0 Å². The molecule has 0 spiro atoms. The number of aliphatic carboxylic acids is 1. The van der Waals surface area contributed by atoms with E-state index in [2.05, 4.69) is 33.9 Å². The number of carbonyl (C=O) groups excluding carboxylic acids is 1. The Morgan fingerprint density at radius 1 is 0.895 bits per heavy atom. The van der Waals surface area contributed by atoms with Gasteiger partial charge in [0.05, 0.1) is 12.0 Å². The third-order valence-corrected chi connectivity index (χ3v) is 11.6. The molecule has 0 aliphatic carbocycles. The number of ether oxygens (including phenoxy) is 1. The normalized spacial score (nSPS) is 14.0. The summed E-state index contributed by atoms with van der Waals surface area (Å²) in [5, 5.41) is 10.1. The van der Waals surface area contributed by atoms with Gasteiger partial charge in [0.15, 0.2) is 8.32 Å². The molecule has 7 heteroatoms. The number of amides is 1. The first-order chi connectivity index (χ1) is 17.6. The minimum atomic E-state index is -2.27. The van der Waals surface area contributed by atoms with Crippen LogP contribution in [0, 0.1) is 5.92 Å². The molecule has 210 valence electrons. The fourth-order valence-electron chi connectivity index (χ4n) is 3.98. The molecular formula is C31H47NO5Si. The summed E-state index contributed by atoms with van der Waals surface area (Å²) in [6.45, 7) is 17.1. The highest BCUT2D eigenvalue weighted by Gasteiger charge is 2.41. The Balaban J connectivity index is 2.35. The van der Waals surface area contributed by atoms with Gasteiger partial charge in [0.2, 0.25) is 0 Å². The van der Waals surface area contributed by atoms with Crippen molar-refractivity contribution < 1.29 is 23.9 Å². The summed E-state index contributed by atoms with van der Waals surface area (Å²) in [6.07, 6.45) is 0.529. The molecule has 0 bridgehead atoms. The molecule has 2 aromatic rings. The van der Waals surface area contributed by atoms with Gasteiger partial charge in [-0.25, -0.2) is 4.79 Å². The Morgan fingerprint density at radius 3 is 1.89 bits per heavy atom. The molecule has 0 aliphatic heterocycles. The lowest BCUT2D eigenvalue weighted by molar-refractivity contribution is -0.142. The van der Waals surface area contributed by atoms with Gasteiger partial charge in [-0.15, -0.1) is 0 Å². The number of benzene rings is 2. The molecule has 0 unspecified atom stereocenters. The zero-order chi connectivity index (χ0) is 28.6. The van der Waals surface area contributed by atoms with Crippen LogP contribution in [0.5, 0.6) is 0 Å². The molecule has 0 heterocycles. The van der Waals surface area contributed by atoms with Crippen LogP contribution in [0.25, 0.3) is 0 Å². The van der Waals surface area contributed by atoms with E-state index in [1.807, 2.05) is 81.4 Å². The van der Waals surface area contributed by atoms with E-state index in [0.717, 1.165) is 11.1 Å². The Labute approximate surface area is 230 Å². The number of rotatable bonds is 12. The minimum Gasteiger partial charge on any atom is -0.481 e. The molecule has 2 rings (SSSR count). The molecule has 1 amide bonds. The molecule has 2 atom stereocenters. The highest BCUT2D eigenvalue weighted by Crippen LogP contribution is 2.38. The third kappa shape index (κ3) is 10.6. The number of nitrogens with zero attached hydrogens (tertiary/aromatic N) is 1. The number of hydrogen-bond donors (Lipinski definition) is 1. The Kier molecular flexibility index (Phi) is 11.2. The van der Waals surface area contributed by atoms with Crippen molar-refractivity contribution in [2.24, 2.45) is 5.92 Å². The second-order valence-corrected chi connectivity index (χ2v) is 17.4. The van der Waals surface area contributed by atoms with Crippen molar-refractivity contribution in [1.82, 2.24) is 4.90 Å². The average molecular weight is 542 g/mol. The van der Waals surface area contributed by atoms with Crippen LogP contribution in [0.3, 0.4) is 0 Å². The van der Waals surface area contributed by atoms with Crippen LogP contribution >= 0.6 is 0 Å². The van der Waals surface area contributed by atoms with Crippen molar-refractivity contribution >= 4 is 20.4 Å².